The van der Waals surface area contributed by atoms with Crippen molar-refractivity contribution in [3.8, 4) is 5.75 Å². The average molecular weight is 384 g/mol. The van der Waals surface area contributed by atoms with Crippen molar-refractivity contribution in [1.29, 1.82) is 0 Å². The fourth-order valence-corrected chi connectivity index (χ4v) is 2.44. The summed E-state index contributed by atoms with van der Waals surface area (Å²) in [5.74, 6) is 0.353. The summed E-state index contributed by atoms with van der Waals surface area (Å²) >= 11 is 0. The fourth-order valence-electron chi connectivity index (χ4n) is 2.44. The van der Waals surface area contributed by atoms with Crippen molar-refractivity contribution in [2.45, 2.75) is 20.0 Å². The Hall–Kier alpha value is -3.42. The molecule has 0 saturated heterocycles. The molecule has 0 aliphatic carbocycles. The lowest BCUT2D eigenvalue weighted by Gasteiger charge is -2.18. The van der Waals surface area contributed by atoms with Gasteiger partial charge in [0.25, 0.3) is 5.89 Å². The third kappa shape index (κ3) is 5.06. The van der Waals surface area contributed by atoms with Crippen LogP contribution >= 0.6 is 0 Å². The Bertz CT molecular complexity index is 944. The zero-order valence-corrected chi connectivity index (χ0v) is 15.7. The molecule has 0 radical (unpaired) electrons. The molecule has 0 atom stereocenters. The van der Waals surface area contributed by atoms with Gasteiger partial charge in [-0.1, -0.05) is 35.5 Å². The molecule has 0 aliphatic rings. The van der Waals surface area contributed by atoms with Crippen LogP contribution in [0.5, 0.6) is 5.75 Å². The molecule has 2 aromatic carbocycles. The maximum atomic E-state index is 13.5. The summed E-state index contributed by atoms with van der Waals surface area (Å²) in [7, 11) is 1.69. The second-order valence-corrected chi connectivity index (χ2v) is 6.24. The van der Waals surface area contributed by atoms with Crippen LogP contribution in [0.4, 0.5) is 14.9 Å². The number of benzene rings is 2. The number of aryl methyl sites for hydroxylation is 1. The number of hydrogen-bond donors (Lipinski definition) is 1. The first-order chi connectivity index (χ1) is 13.5. The number of nitrogens with one attached hydrogen (secondary N) is 1. The Labute approximate surface area is 162 Å². The van der Waals surface area contributed by atoms with Crippen LogP contribution in [-0.4, -0.2) is 34.7 Å². The molecule has 1 N–H and O–H groups in total. The summed E-state index contributed by atoms with van der Waals surface area (Å²) in [6.45, 7) is 2.31. The molecular weight excluding hydrogens is 363 g/mol. The molecule has 0 fully saturated rings. The van der Waals surface area contributed by atoms with E-state index in [4.69, 9.17) is 9.26 Å². The van der Waals surface area contributed by atoms with Gasteiger partial charge in [-0.05, 0) is 30.7 Å². The van der Waals surface area contributed by atoms with Crippen LogP contribution in [-0.2, 0) is 13.0 Å². The maximum absolute atomic E-state index is 13.5. The van der Waals surface area contributed by atoms with Gasteiger partial charge in [0.15, 0.2) is 24.0 Å². The molecule has 28 heavy (non-hydrogen) atoms. The first-order valence-corrected chi connectivity index (χ1v) is 8.79. The van der Waals surface area contributed by atoms with Crippen molar-refractivity contribution < 1.29 is 18.4 Å². The highest BCUT2D eigenvalue weighted by Crippen LogP contribution is 2.17. The summed E-state index contributed by atoms with van der Waals surface area (Å²) < 4.78 is 24.0. The van der Waals surface area contributed by atoms with Gasteiger partial charge in [-0.3, -0.25) is 0 Å². The van der Waals surface area contributed by atoms with Crippen molar-refractivity contribution in [1.82, 2.24) is 15.0 Å². The number of halogens is 1. The minimum atomic E-state index is -0.455. The monoisotopic (exact) mass is 384 g/mol. The number of rotatable bonds is 7. The lowest BCUT2D eigenvalue weighted by molar-refractivity contribution is 0.222. The molecule has 3 aromatic rings. The lowest BCUT2D eigenvalue weighted by atomic mass is 10.2. The number of ether oxygens (including phenoxy) is 1. The molecule has 3 rings (SSSR count). The highest BCUT2D eigenvalue weighted by atomic mass is 19.1. The van der Waals surface area contributed by atoms with Gasteiger partial charge in [-0.25, -0.2) is 9.18 Å². The van der Waals surface area contributed by atoms with E-state index in [1.54, 1.807) is 19.2 Å². The van der Waals surface area contributed by atoms with E-state index >= 15 is 0 Å². The smallest absolute Gasteiger partial charge is 0.321 e. The summed E-state index contributed by atoms with van der Waals surface area (Å²) in [6, 6.07) is 13.4. The molecule has 2 amide bonds. The number of carbonyl (C=O) groups excluding carboxylic acids is 1. The molecule has 146 valence electrons. The van der Waals surface area contributed by atoms with E-state index in [0.717, 1.165) is 11.3 Å². The highest BCUT2D eigenvalue weighted by Gasteiger charge is 2.13. The van der Waals surface area contributed by atoms with Gasteiger partial charge in [0.2, 0.25) is 0 Å². The molecular formula is C20H21FN4O3. The van der Waals surface area contributed by atoms with E-state index in [9.17, 15) is 9.18 Å². The third-order valence-corrected chi connectivity index (χ3v) is 4.10. The molecule has 1 heterocycles. The first-order valence-electron chi connectivity index (χ1n) is 8.79. The van der Waals surface area contributed by atoms with Crippen molar-refractivity contribution in [2.24, 2.45) is 0 Å². The van der Waals surface area contributed by atoms with Crippen molar-refractivity contribution >= 4 is 11.7 Å². The molecule has 8 heteroatoms. The van der Waals surface area contributed by atoms with E-state index in [1.807, 2.05) is 31.2 Å². The summed E-state index contributed by atoms with van der Waals surface area (Å²) in [4.78, 5) is 18.0. The van der Waals surface area contributed by atoms with Gasteiger partial charge < -0.3 is 19.5 Å². The van der Waals surface area contributed by atoms with Crippen LogP contribution in [0.25, 0.3) is 0 Å². The van der Waals surface area contributed by atoms with Crippen LogP contribution in [0.3, 0.4) is 0 Å². The predicted octanol–water partition coefficient (Wildman–Crippen LogP) is 3.80. The Morgan fingerprint density at radius 1 is 1.21 bits per heavy atom. The molecule has 1 aromatic heterocycles. The number of para-hydroxylation sites is 2. The number of nitrogens with zero attached hydrogens (tertiary/aromatic N) is 3. The molecule has 0 bridgehead atoms. The summed E-state index contributed by atoms with van der Waals surface area (Å²) in [6.07, 6.45) is 0.418. The second-order valence-electron chi connectivity index (χ2n) is 6.24. The number of carbonyl (C=O) groups is 1. The summed E-state index contributed by atoms with van der Waals surface area (Å²) in [5.41, 5.74) is 1.76. The fraction of sp³-hybridized carbons (Fsp3) is 0.250. The number of likely N-dealkylation sites (N-methyl/N-ethyl adjacent to an activating group) is 1. The van der Waals surface area contributed by atoms with Crippen molar-refractivity contribution in [3.63, 3.8) is 0 Å². The SMILES string of the molecule is Cc1ccccc1NC(=O)N(C)CCc1noc(COc2ccccc2F)n1. The maximum Gasteiger partial charge on any atom is 0.321 e. The van der Waals surface area contributed by atoms with Gasteiger partial charge in [-0.15, -0.1) is 0 Å². The predicted molar refractivity (Wildman–Crippen MR) is 102 cm³/mol. The van der Waals surface area contributed by atoms with Gasteiger partial charge >= 0.3 is 6.03 Å². The Kier molecular flexibility index (Phi) is 6.21. The molecule has 0 spiro atoms. The molecule has 7 nitrogen and oxygen atoms in total. The minimum Gasteiger partial charge on any atom is -0.481 e. The van der Waals surface area contributed by atoms with E-state index < -0.39 is 5.82 Å². The van der Waals surface area contributed by atoms with E-state index in [-0.39, 0.29) is 24.3 Å². The second kappa shape index (κ2) is 8.98. The van der Waals surface area contributed by atoms with Crippen LogP contribution in [0.1, 0.15) is 17.3 Å². The molecule has 0 saturated carbocycles. The van der Waals surface area contributed by atoms with Crippen molar-refractivity contribution in [3.05, 3.63) is 71.6 Å². The number of aromatic nitrogens is 2. The highest BCUT2D eigenvalue weighted by molar-refractivity contribution is 5.89. The average Bonchev–Trinajstić information content (AvgIpc) is 3.15. The largest absolute Gasteiger partial charge is 0.481 e. The van der Waals surface area contributed by atoms with E-state index in [1.165, 1.54) is 17.0 Å². The Balaban J connectivity index is 1.47. The van der Waals surface area contributed by atoms with Gasteiger partial charge in [-0.2, -0.15) is 4.98 Å². The Morgan fingerprint density at radius 2 is 1.96 bits per heavy atom. The summed E-state index contributed by atoms with van der Waals surface area (Å²) in [5, 5.41) is 6.72. The van der Waals surface area contributed by atoms with Crippen LogP contribution < -0.4 is 10.1 Å². The van der Waals surface area contributed by atoms with E-state index in [0.29, 0.717) is 18.8 Å². The van der Waals surface area contributed by atoms with Gasteiger partial charge in [0.05, 0.1) is 0 Å². The normalized spacial score (nSPS) is 10.5. The quantitative estimate of drug-likeness (QED) is 0.670. The van der Waals surface area contributed by atoms with Crippen LogP contribution in [0.2, 0.25) is 0 Å². The lowest BCUT2D eigenvalue weighted by Crippen LogP contribution is -2.33. The van der Waals surface area contributed by atoms with Gasteiger partial charge in [0, 0.05) is 25.7 Å². The van der Waals surface area contributed by atoms with Gasteiger partial charge in [0.1, 0.15) is 0 Å². The zero-order valence-electron chi connectivity index (χ0n) is 15.7. The topological polar surface area (TPSA) is 80.5 Å². The number of anilines is 1. The number of hydrogen-bond acceptors (Lipinski definition) is 5. The third-order valence-electron chi connectivity index (χ3n) is 4.10. The number of amides is 2. The van der Waals surface area contributed by atoms with E-state index in [2.05, 4.69) is 15.5 Å². The molecule has 0 aliphatic heterocycles. The first kappa shape index (κ1) is 19.3. The standard InChI is InChI=1S/C20H21FN4O3/c1-14-7-3-5-9-16(14)22-20(26)25(2)12-11-18-23-19(28-24-18)13-27-17-10-6-4-8-15(17)21/h3-10H,11-13H2,1-2H3,(H,22,26). The van der Waals surface area contributed by atoms with Crippen LogP contribution in [0, 0.1) is 12.7 Å². The number of urea groups is 1. The minimum absolute atomic E-state index is 0.0302. The zero-order chi connectivity index (χ0) is 19.9. The Morgan fingerprint density at radius 3 is 2.75 bits per heavy atom. The van der Waals surface area contributed by atoms with Crippen molar-refractivity contribution in [2.75, 3.05) is 18.9 Å². The molecule has 0 unspecified atom stereocenters. The van der Waals surface area contributed by atoms with Crippen LogP contribution in [0.15, 0.2) is 53.1 Å².